The fourth-order valence-electron chi connectivity index (χ4n) is 3.20. The molecule has 4 aromatic carbocycles. The third-order valence-electron chi connectivity index (χ3n) is 4.83. The summed E-state index contributed by atoms with van der Waals surface area (Å²) in [6.45, 7) is 1.86. The Bertz CT molecular complexity index is 1220. The van der Waals surface area contributed by atoms with E-state index in [0.29, 0.717) is 11.3 Å². The largest absolute Gasteiger partial charge is 0.325 e. The van der Waals surface area contributed by atoms with Gasteiger partial charge in [0.1, 0.15) is 0 Å². The predicted octanol–water partition coefficient (Wildman–Crippen LogP) is 6.21. The van der Waals surface area contributed by atoms with Gasteiger partial charge in [0.15, 0.2) is 0 Å². The van der Waals surface area contributed by atoms with Gasteiger partial charge in [0, 0.05) is 21.8 Å². The van der Waals surface area contributed by atoms with Crippen molar-refractivity contribution in [2.75, 3.05) is 10.6 Å². The van der Waals surface area contributed by atoms with Crippen molar-refractivity contribution in [1.29, 1.82) is 0 Å². The molecule has 1 unspecified atom stereocenters. The Balaban J connectivity index is 1.41. The van der Waals surface area contributed by atoms with Crippen molar-refractivity contribution in [3.05, 3.63) is 103 Å². The molecule has 0 aliphatic rings. The Morgan fingerprint density at radius 3 is 2.23 bits per heavy atom. The molecule has 4 rings (SSSR count). The third-order valence-corrected chi connectivity index (χ3v) is 5.92. The zero-order valence-electron chi connectivity index (χ0n) is 17.0. The van der Waals surface area contributed by atoms with Gasteiger partial charge in [-0.3, -0.25) is 9.59 Å². The van der Waals surface area contributed by atoms with Crippen molar-refractivity contribution in [2.45, 2.75) is 17.1 Å². The number of fused-ring (bicyclic) bond motifs is 1. The summed E-state index contributed by atoms with van der Waals surface area (Å²) >= 11 is 1.45. The number of carbonyl (C=O) groups excluding carboxylic acids is 2. The average molecular weight is 427 g/mol. The molecule has 0 aromatic heterocycles. The van der Waals surface area contributed by atoms with Crippen LogP contribution in [0.2, 0.25) is 0 Å². The van der Waals surface area contributed by atoms with Crippen molar-refractivity contribution < 1.29 is 9.59 Å². The van der Waals surface area contributed by atoms with E-state index in [2.05, 4.69) is 10.6 Å². The fraction of sp³-hybridized carbons (Fsp3) is 0.0769. The van der Waals surface area contributed by atoms with Gasteiger partial charge in [0.25, 0.3) is 5.91 Å². The molecule has 0 aliphatic heterocycles. The number of anilines is 2. The Kier molecular flexibility index (Phi) is 6.34. The molecule has 0 heterocycles. The molecule has 0 spiro atoms. The molecule has 1 atom stereocenters. The minimum Gasteiger partial charge on any atom is -0.325 e. The number of hydrogen-bond acceptors (Lipinski definition) is 3. The van der Waals surface area contributed by atoms with Gasteiger partial charge in [0.05, 0.1) is 5.25 Å². The van der Waals surface area contributed by atoms with Gasteiger partial charge < -0.3 is 10.6 Å². The topological polar surface area (TPSA) is 58.2 Å². The number of benzene rings is 4. The highest BCUT2D eigenvalue weighted by Crippen LogP contribution is 2.27. The molecule has 0 saturated carbocycles. The second-order valence-electron chi connectivity index (χ2n) is 7.16. The summed E-state index contributed by atoms with van der Waals surface area (Å²) < 4.78 is 0. The van der Waals surface area contributed by atoms with Gasteiger partial charge in [-0.05, 0) is 60.2 Å². The highest BCUT2D eigenvalue weighted by molar-refractivity contribution is 8.00. The predicted molar refractivity (Wildman–Crippen MR) is 129 cm³/mol. The van der Waals surface area contributed by atoms with E-state index in [1.165, 1.54) is 11.8 Å². The van der Waals surface area contributed by atoms with Crippen LogP contribution in [0.4, 0.5) is 11.4 Å². The summed E-state index contributed by atoms with van der Waals surface area (Å²) in [6.07, 6.45) is 0. The van der Waals surface area contributed by atoms with Gasteiger partial charge in [0.2, 0.25) is 5.91 Å². The van der Waals surface area contributed by atoms with E-state index in [1.807, 2.05) is 104 Å². The molecule has 154 valence electrons. The quantitative estimate of drug-likeness (QED) is 0.360. The highest BCUT2D eigenvalue weighted by atomic mass is 32.2. The Morgan fingerprint density at radius 2 is 1.42 bits per heavy atom. The number of hydrogen-bond donors (Lipinski definition) is 2. The van der Waals surface area contributed by atoms with E-state index in [0.717, 1.165) is 21.4 Å². The average Bonchev–Trinajstić information content (AvgIpc) is 2.79. The molecule has 5 heteroatoms. The maximum absolute atomic E-state index is 12.7. The van der Waals surface area contributed by atoms with Gasteiger partial charge in [-0.2, -0.15) is 0 Å². The molecule has 0 saturated heterocycles. The first-order chi connectivity index (χ1) is 15.1. The van der Waals surface area contributed by atoms with Gasteiger partial charge in [-0.1, -0.05) is 54.6 Å². The Labute approximate surface area is 185 Å². The van der Waals surface area contributed by atoms with Crippen molar-refractivity contribution in [3.8, 4) is 0 Å². The maximum Gasteiger partial charge on any atom is 0.255 e. The molecule has 2 amide bonds. The van der Waals surface area contributed by atoms with Crippen molar-refractivity contribution in [2.24, 2.45) is 0 Å². The molecule has 4 aromatic rings. The maximum atomic E-state index is 12.7. The fourth-order valence-corrected chi connectivity index (χ4v) is 4.13. The number of thioether (sulfide) groups is 1. The number of rotatable bonds is 6. The van der Waals surface area contributed by atoms with Crippen molar-refractivity contribution in [3.63, 3.8) is 0 Å². The van der Waals surface area contributed by atoms with Crippen LogP contribution in [0.15, 0.2) is 102 Å². The van der Waals surface area contributed by atoms with E-state index in [1.54, 1.807) is 0 Å². The van der Waals surface area contributed by atoms with Crippen LogP contribution >= 0.6 is 11.8 Å². The lowest BCUT2D eigenvalue weighted by Gasteiger charge is -2.13. The van der Waals surface area contributed by atoms with E-state index in [4.69, 9.17) is 0 Å². The molecule has 2 N–H and O–H groups in total. The normalized spacial score (nSPS) is 11.6. The third kappa shape index (κ3) is 5.32. The summed E-state index contributed by atoms with van der Waals surface area (Å²) in [6, 6.07) is 30.5. The lowest BCUT2D eigenvalue weighted by molar-refractivity contribution is -0.115. The first kappa shape index (κ1) is 20.7. The number of para-hydroxylation sites is 1. The highest BCUT2D eigenvalue weighted by Gasteiger charge is 2.15. The van der Waals surface area contributed by atoms with Crippen LogP contribution in [0.3, 0.4) is 0 Å². The van der Waals surface area contributed by atoms with Crippen LogP contribution in [0.5, 0.6) is 0 Å². The lowest BCUT2D eigenvalue weighted by Crippen LogP contribution is -2.22. The monoisotopic (exact) mass is 426 g/mol. The van der Waals surface area contributed by atoms with Crippen molar-refractivity contribution >= 4 is 45.7 Å². The number of amides is 2. The second-order valence-corrected chi connectivity index (χ2v) is 8.57. The van der Waals surface area contributed by atoms with E-state index >= 15 is 0 Å². The van der Waals surface area contributed by atoms with Gasteiger partial charge >= 0.3 is 0 Å². The standard InChI is InChI=1S/C26H22N2O2S/c1-18(25(29)27-22-10-3-2-4-11-22)31-24-13-7-12-23(17-24)28-26(30)21-15-14-19-8-5-6-9-20(19)16-21/h2-18H,1H3,(H,27,29)(H,28,30). The Morgan fingerprint density at radius 1 is 0.710 bits per heavy atom. The summed E-state index contributed by atoms with van der Waals surface area (Å²) in [5.74, 6) is -0.232. The first-order valence-corrected chi connectivity index (χ1v) is 10.9. The van der Waals surface area contributed by atoms with Crippen LogP contribution < -0.4 is 10.6 Å². The Hall–Kier alpha value is -3.57. The summed E-state index contributed by atoms with van der Waals surface area (Å²) in [5.41, 5.74) is 2.07. The minimum atomic E-state index is -0.286. The molecule has 0 fully saturated rings. The molecule has 31 heavy (non-hydrogen) atoms. The van der Waals surface area contributed by atoms with E-state index in [-0.39, 0.29) is 17.1 Å². The minimum absolute atomic E-state index is 0.0678. The van der Waals surface area contributed by atoms with Crippen LogP contribution in [-0.4, -0.2) is 17.1 Å². The molecule has 0 bridgehead atoms. The SMILES string of the molecule is CC(Sc1cccc(NC(=O)c2ccc3ccccc3c2)c1)C(=O)Nc1ccccc1. The van der Waals surface area contributed by atoms with Crippen LogP contribution in [0.1, 0.15) is 17.3 Å². The number of nitrogens with one attached hydrogen (secondary N) is 2. The van der Waals surface area contributed by atoms with Gasteiger partial charge in [-0.25, -0.2) is 0 Å². The van der Waals surface area contributed by atoms with E-state index in [9.17, 15) is 9.59 Å². The summed E-state index contributed by atoms with van der Waals surface area (Å²) in [5, 5.41) is 7.71. The lowest BCUT2D eigenvalue weighted by atomic mass is 10.1. The van der Waals surface area contributed by atoms with Crippen LogP contribution in [-0.2, 0) is 4.79 Å². The number of carbonyl (C=O) groups is 2. The van der Waals surface area contributed by atoms with Crippen LogP contribution in [0, 0.1) is 0 Å². The molecule has 0 radical (unpaired) electrons. The molecular weight excluding hydrogens is 404 g/mol. The molecular formula is C26H22N2O2S. The summed E-state index contributed by atoms with van der Waals surface area (Å²) in [7, 11) is 0. The molecule has 4 nitrogen and oxygen atoms in total. The second kappa shape index (κ2) is 9.49. The zero-order chi connectivity index (χ0) is 21.6. The zero-order valence-corrected chi connectivity index (χ0v) is 17.9. The first-order valence-electron chi connectivity index (χ1n) is 10.0. The van der Waals surface area contributed by atoms with Crippen LogP contribution in [0.25, 0.3) is 10.8 Å². The van der Waals surface area contributed by atoms with E-state index < -0.39 is 0 Å². The smallest absolute Gasteiger partial charge is 0.255 e. The summed E-state index contributed by atoms with van der Waals surface area (Å²) in [4.78, 5) is 26.1. The van der Waals surface area contributed by atoms with Crippen molar-refractivity contribution in [1.82, 2.24) is 0 Å². The molecule has 0 aliphatic carbocycles. The van der Waals surface area contributed by atoms with Gasteiger partial charge in [-0.15, -0.1) is 11.8 Å².